The number of rotatable bonds is 10. The molecular weight excluding hydrogens is 490 g/mol. The van der Waals surface area contributed by atoms with Crippen LogP contribution in [0.5, 0.6) is 5.75 Å². The predicted octanol–water partition coefficient (Wildman–Crippen LogP) is 6.00. The van der Waals surface area contributed by atoms with E-state index in [9.17, 15) is 9.59 Å². The average Bonchev–Trinajstić information content (AvgIpc) is 3.25. The second kappa shape index (κ2) is 12.1. The smallest absolute Gasteiger partial charge is 0.342 e. The summed E-state index contributed by atoms with van der Waals surface area (Å²) in [5.74, 6) is 0.00803. The first-order valence-corrected chi connectivity index (χ1v) is 13.9. The summed E-state index contributed by atoms with van der Waals surface area (Å²) >= 11 is 0. The molecule has 0 saturated carbocycles. The van der Waals surface area contributed by atoms with Crippen LogP contribution in [-0.4, -0.2) is 65.6 Å². The minimum Gasteiger partial charge on any atom is -0.494 e. The van der Waals surface area contributed by atoms with E-state index in [4.69, 9.17) is 9.47 Å². The summed E-state index contributed by atoms with van der Waals surface area (Å²) in [5, 5.41) is 1.04. The SMILES string of the molecule is CCN(CC)CCCOc1cccc(C(=O)N2C=C(C(=O)OC(C)C)c3[nH]c4ccccc4c3C(C)(C)C2)c1. The monoisotopic (exact) mass is 531 g/mol. The molecule has 1 N–H and O–H groups in total. The first-order chi connectivity index (χ1) is 18.6. The quantitative estimate of drug-likeness (QED) is 0.256. The third-order valence-corrected chi connectivity index (χ3v) is 7.19. The number of amides is 1. The maximum atomic E-state index is 13.9. The Labute approximate surface area is 231 Å². The van der Waals surface area contributed by atoms with Crippen molar-refractivity contribution in [3.63, 3.8) is 0 Å². The molecule has 0 spiro atoms. The van der Waals surface area contributed by atoms with Crippen molar-refractivity contribution in [2.45, 2.75) is 59.5 Å². The lowest BCUT2D eigenvalue weighted by atomic mass is 9.81. The molecule has 0 unspecified atom stereocenters. The summed E-state index contributed by atoms with van der Waals surface area (Å²) in [6, 6.07) is 15.3. The molecule has 0 fully saturated rings. The summed E-state index contributed by atoms with van der Waals surface area (Å²) in [6.07, 6.45) is 2.27. The molecule has 0 saturated heterocycles. The number of hydrogen-bond donors (Lipinski definition) is 1. The molecule has 1 aliphatic heterocycles. The summed E-state index contributed by atoms with van der Waals surface area (Å²) in [6.45, 7) is 16.2. The molecule has 1 amide bonds. The van der Waals surface area contributed by atoms with Gasteiger partial charge in [0.1, 0.15) is 5.75 Å². The van der Waals surface area contributed by atoms with Crippen molar-refractivity contribution in [1.82, 2.24) is 14.8 Å². The molecule has 3 aromatic rings. The van der Waals surface area contributed by atoms with Gasteiger partial charge in [0.2, 0.25) is 0 Å². The topological polar surface area (TPSA) is 74.9 Å². The lowest BCUT2D eigenvalue weighted by Crippen LogP contribution is -2.37. The van der Waals surface area contributed by atoms with Crippen molar-refractivity contribution in [2.24, 2.45) is 0 Å². The second-order valence-corrected chi connectivity index (χ2v) is 11.0. The lowest BCUT2D eigenvalue weighted by molar-refractivity contribution is -0.140. The highest BCUT2D eigenvalue weighted by molar-refractivity contribution is 6.18. The van der Waals surface area contributed by atoms with Crippen LogP contribution in [0.1, 0.15) is 69.6 Å². The zero-order valence-corrected chi connectivity index (χ0v) is 24.0. The Morgan fingerprint density at radius 1 is 1.08 bits per heavy atom. The molecule has 208 valence electrons. The van der Waals surface area contributed by atoms with Crippen LogP contribution in [0.3, 0.4) is 0 Å². The Balaban J connectivity index is 1.64. The number of carbonyl (C=O) groups excluding carboxylic acids is 2. The van der Waals surface area contributed by atoms with Gasteiger partial charge in [-0.3, -0.25) is 4.79 Å². The van der Waals surface area contributed by atoms with Gasteiger partial charge in [0.25, 0.3) is 5.91 Å². The number of carbonyl (C=O) groups is 2. The van der Waals surface area contributed by atoms with E-state index < -0.39 is 11.4 Å². The Kier molecular flexibility index (Phi) is 8.80. The highest BCUT2D eigenvalue weighted by atomic mass is 16.5. The van der Waals surface area contributed by atoms with Crippen molar-refractivity contribution in [1.29, 1.82) is 0 Å². The minimum atomic E-state index is -0.460. The van der Waals surface area contributed by atoms with Gasteiger partial charge in [0, 0.05) is 41.2 Å². The molecule has 0 aliphatic carbocycles. The number of nitrogens with zero attached hydrogens (tertiary/aromatic N) is 2. The van der Waals surface area contributed by atoms with Crippen LogP contribution in [0.4, 0.5) is 0 Å². The molecule has 39 heavy (non-hydrogen) atoms. The van der Waals surface area contributed by atoms with E-state index in [2.05, 4.69) is 43.6 Å². The Bertz CT molecular complexity index is 1350. The average molecular weight is 532 g/mol. The molecule has 1 aromatic heterocycles. The number of H-pyrrole nitrogens is 1. The van der Waals surface area contributed by atoms with Crippen molar-refractivity contribution in [3.05, 3.63) is 71.6 Å². The van der Waals surface area contributed by atoms with Gasteiger partial charge >= 0.3 is 5.97 Å². The predicted molar refractivity (Wildman–Crippen MR) is 156 cm³/mol. The number of aromatic nitrogens is 1. The van der Waals surface area contributed by atoms with E-state index in [0.29, 0.717) is 35.7 Å². The van der Waals surface area contributed by atoms with E-state index in [1.807, 2.05) is 44.2 Å². The Morgan fingerprint density at radius 3 is 2.54 bits per heavy atom. The molecule has 0 bridgehead atoms. The molecular formula is C32H41N3O4. The van der Waals surface area contributed by atoms with Crippen molar-refractivity contribution in [3.8, 4) is 5.75 Å². The van der Waals surface area contributed by atoms with Crippen molar-refractivity contribution >= 4 is 28.4 Å². The van der Waals surface area contributed by atoms with Crippen LogP contribution in [0.25, 0.3) is 16.5 Å². The van der Waals surface area contributed by atoms with Gasteiger partial charge in [0.15, 0.2) is 0 Å². The molecule has 4 rings (SSSR count). The Morgan fingerprint density at radius 2 is 1.82 bits per heavy atom. The van der Waals surface area contributed by atoms with E-state index in [0.717, 1.165) is 42.5 Å². The molecule has 1 aliphatic rings. The number of para-hydroxylation sites is 1. The largest absolute Gasteiger partial charge is 0.494 e. The van der Waals surface area contributed by atoms with Crippen LogP contribution >= 0.6 is 0 Å². The fourth-order valence-corrected chi connectivity index (χ4v) is 5.28. The first-order valence-electron chi connectivity index (χ1n) is 13.9. The maximum Gasteiger partial charge on any atom is 0.342 e. The fraction of sp³-hybridized carbons (Fsp3) is 0.438. The zero-order chi connectivity index (χ0) is 28.2. The minimum absolute atomic E-state index is 0.194. The number of hydrogen-bond acceptors (Lipinski definition) is 5. The molecule has 0 radical (unpaired) electrons. The fourth-order valence-electron chi connectivity index (χ4n) is 5.28. The zero-order valence-electron chi connectivity index (χ0n) is 24.0. The number of ether oxygens (including phenoxy) is 2. The number of nitrogens with one attached hydrogen (secondary N) is 1. The molecule has 7 nitrogen and oxygen atoms in total. The number of esters is 1. The van der Waals surface area contributed by atoms with E-state index in [1.54, 1.807) is 23.2 Å². The summed E-state index contributed by atoms with van der Waals surface area (Å²) in [5.41, 5.74) is 3.06. The molecule has 2 heterocycles. The van der Waals surface area contributed by atoms with Crippen LogP contribution in [-0.2, 0) is 14.9 Å². The van der Waals surface area contributed by atoms with Gasteiger partial charge in [0.05, 0.1) is 24.0 Å². The Hall–Kier alpha value is -3.58. The van der Waals surface area contributed by atoms with Crippen molar-refractivity contribution < 1.29 is 19.1 Å². The van der Waals surface area contributed by atoms with Gasteiger partial charge in [-0.1, -0.05) is 52.0 Å². The van der Waals surface area contributed by atoms with Gasteiger partial charge < -0.3 is 24.3 Å². The summed E-state index contributed by atoms with van der Waals surface area (Å²) < 4.78 is 11.6. The van der Waals surface area contributed by atoms with Gasteiger partial charge in [-0.25, -0.2) is 4.79 Å². The highest BCUT2D eigenvalue weighted by Gasteiger charge is 2.37. The van der Waals surface area contributed by atoms with E-state index >= 15 is 0 Å². The third kappa shape index (κ3) is 6.36. The number of benzene rings is 2. The van der Waals surface area contributed by atoms with Crippen LogP contribution < -0.4 is 4.74 Å². The number of fused-ring (bicyclic) bond motifs is 3. The van der Waals surface area contributed by atoms with Crippen molar-refractivity contribution in [2.75, 3.05) is 32.8 Å². The highest BCUT2D eigenvalue weighted by Crippen LogP contribution is 2.40. The second-order valence-electron chi connectivity index (χ2n) is 11.0. The van der Waals surface area contributed by atoms with E-state index in [-0.39, 0.29) is 12.0 Å². The van der Waals surface area contributed by atoms with Crippen LogP contribution in [0, 0.1) is 0 Å². The number of aromatic amines is 1. The normalized spacial score (nSPS) is 14.8. The molecule has 7 heteroatoms. The lowest BCUT2D eigenvalue weighted by Gasteiger charge is -2.29. The molecule has 2 aromatic carbocycles. The van der Waals surface area contributed by atoms with E-state index in [1.165, 1.54) is 0 Å². The molecule has 0 atom stereocenters. The third-order valence-electron chi connectivity index (χ3n) is 7.19. The van der Waals surface area contributed by atoms with Gasteiger partial charge in [-0.05, 0) is 63.2 Å². The standard InChI is InChI=1S/C32H41N3O4/c1-7-34(8-2)17-12-18-38-24-14-11-13-23(19-24)30(36)35-20-26(31(37)39-22(3)4)29-28(32(5,6)21-35)25-15-9-10-16-27(25)33-29/h9-11,13-16,19-20,22,33H,7-8,12,17-18,21H2,1-6H3. The summed E-state index contributed by atoms with van der Waals surface area (Å²) in [4.78, 5) is 34.6. The van der Waals surface area contributed by atoms with Gasteiger partial charge in [-0.2, -0.15) is 0 Å². The van der Waals surface area contributed by atoms with Crippen LogP contribution in [0.2, 0.25) is 0 Å². The van der Waals surface area contributed by atoms with Crippen LogP contribution in [0.15, 0.2) is 54.7 Å². The summed E-state index contributed by atoms with van der Waals surface area (Å²) in [7, 11) is 0. The maximum absolute atomic E-state index is 13.9. The van der Waals surface area contributed by atoms with Gasteiger partial charge in [-0.15, -0.1) is 0 Å². The first kappa shape index (κ1) is 28.4.